The van der Waals surface area contributed by atoms with Gasteiger partial charge in [-0.2, -0.15) is 0 Å². The van der Waals surface area contributed by atoms with Crippen molar-refractivity contribution in [2.45, 2.75) is 19.6 Å². The quantitative estimate of drug-likeness (QED) is 0.688. The number of hydrogen-bond acceptors (Lipinski definition) is 2. The highest BCUT2D eigenvalue weighted by Crippen LogP contribution is 2.16. The van der Waals surface area contributed by atoms with Crippen LogP contribution in [0.3, 0.4) is 0 Å². The zero-order valence-electron chi connectivity index (χ0n) is 6.84. The van der Waals surface area contributed by atoms with Crippen molar-refractivity contribution in [1.82, 2.24) is 5.32 Å². The smallest absolute Gasteiger partial charge is 0.0212 e. The summed E-state index contributed by atoms with van der Waals surface area (Å²) in [7, 11) is 0. The second-order valence-electron chi connectivity index (χ2n) is 2.91. The summed E-state index contributed by atoms with van der Waals surface area (Å²) in [4.78, 5) is 0. The molecule has 0 aromatic heterocycles. The predicted molar refractivity (Wildman–Crippen MR) is 52.1 cm³/mol. The van der Waals surface area contributed by atoms with Crippen LogP contribution >= 0.6 is 12.4 Å². The van der Waals surface area contributed by atoms with Gasteiger partial charge in [-0.25, -0.2) is 0 Å². The zero-order chi connectivity index (χ0) is 7.68. The van der Waals surface area contributed by atoms with Crippen LogP contribution in [0.15, 0.2) is 18.2 Å². The molecule has 1 aliphatic rings. The molecule has 1 heterocycles. The summed E-state index contributed by atoms with van der Waals surface area (Å²) >= 11 is 0. The lowest BCUT2D eigenvalue weighted by atomic mass is 10.1. The van der Waals surface area contributed by atoms with Gasteiger partial charge in [0.15, 0.2) is 0 Å². The predicted octanol–water partition coefficient (Wildman–Crippen LogP) is 1.17. The molecule has 66 valence electrons. The minimum Gasteiger partial charge on any atom is -0.326 e. The zero-order valence-corrected chi connectivity index (χ0v) is 7.66. The fourth-order valence-electron chi connectivity index (χ4n) is 1.48. The number of fused-ring (bicyclic) bond motifs is 1. The van der Waals surface area contributed by atoms with E-state index in [1.165, 1.54) is 16.7 Å². The summed E-state index contributed by atoms with van der Waals surface area (Å²) in [5.74, 6) is 0. The Balaban J connectivity index is 0.000000720. The average molecular weight is 185 g/mol. The first-order valence-electron chi connectivity index (χ1n) is 3.91. The molecule has 1 aromatic rings. The number of hydrogen-bond donors (Lipinski definition) is 2. The molecule has 0 amide bonds. The van der Waals surface area contributed by atoms with E-state index in [4.69, 9.17) is 5.73 Å². The van der Waals surface area contributed by atoms with Crippen LogP contribution in [0.1, 0.15) is 16.7 Å². The number of rotatable bonds is 1. The molecule has 12 heavy (non-hydrogen) atoms. The highest BCUT2D eigenvalue weighted by atomic mass is 35.5. The van der Waals surface area contributed by atoms with Crippen molar-refractivity contribution < 1.29 is 0 Å². The lowest BCUT2D eigenvalue weighted by Gasteiger charge is -2.00. The summed E-state index contributed by atoms with van der Waals surface area (Å²) in [5.41, 5.74) is 9.58. The van der Waals surface area contributed by atoms with Gasteiger partial charge in [0.2, 0.25) is 0 Å². The van der Waals surface area contributed by atoms with Gasteiger partial charge in [0.1, 0.15) is 0 Å². The molecule has 3 N–H and O–H groups in total. The van der Waals surface area contributed by atoms with E-state index in [0.29, 0.717) is 6.54 Å². The standard InChI is InChI=1S/C9H12N2.ClH/c10-4-7-1-2-8-5-11-6-9(8)3-7;/h1-3,11H,4-6,10H2;1H. The fraction of sp³-hybridized carbons (Fsp3) is 0.333. The van der Waals surface area contributed by atoms with Gasteiger partial charge >= 0.3 is 0 Å². The Kier molecular flexibility index (Phi) is 3.09. The first kappa shape index (κ1) is 9.52. The maximum Gasteiger partial charge on any atom is 0.0212 e. The summed E-state index contributed by atoms with van der Waals surface area (Å²) < 4.78 is 0. The highest BCUT2D eigenvalue weighted by molar-refractivity contribution is 5.85. The first-order chi connectivity index (χ1) is 5.40. The van der Waals surface area contributed by atoms with Crippen molar-refractivity contribution in [3.63, 3.8) is 0 Å². The molecule has 0 fully saturated rings. The average Bonchev–Trinajstić information content (AvgIpc) is 2.50. The number of nitrogens with one attached hydrogen (secondary N) is 1. The van der Waals surface area contributed by atoms with E-state index in [-0.39, 0.29) is 12.4 Å². The minimum atomic E-state index is 0. The van der Waals surface area contributed by atoms with E-state index in [1.54, 1.807) is 0 Å². The fourth-order valence-corrected chi connectivity index (χ4v) is 1.48. The van der Waals surface area contributed by atoms with E-state index >= 15 is 0 Å². The molecule has 0 spiro atoms. The van der Waals surface area contributed by atoms with Crippen LogP contribution in [-0.2, 0) is 19.6 Å². The molecule has 0 unspecified atom stereocenters. The summed E-state index contributed by atoms with van der Waals surface area (Å²) in [6.45, 7) is 2.66. The molecule has 0 saturated carbocycles. The molecular weight excluding hydrogens is 172 g/mol. The van der Waals surface area contributed by atoms with Crippen LogP contribution in [0.2, 0.25) is 0 Å². The van der Waals surface area contributed by atoms with Crippen molar-refractivity contribution in [3.05, 3.63) is 34.9 Å². The van der Waals surface area contributed by atoms with Gasteiger partial charge in [0.05, 0.1) is 0 Å². The van der Waals surface area contributed by atoms with Gasteiger partial charge in [-0.3, -0.25) is 0 Å². The van der Waals surface area contributed by atoms with E-state index in [0.717, 1.165) is 13.1 Å². The number of benzene rings is 1. The van der Waals surface area contributed by atoms with Gasteiger partial charge in [0.25, 0.3) is 0 Å². The second-order valence-corrected chi connectivity index (χ2v) is 2.91. The van der Waals surface area contributed by atoms with Gasteiger partial charge < -0.3 is 11.1 Å². The first-order valence-corrected chi connectivity index (χ1v) is 3.91. The van der Waals surface area contributed by atoms with Crippen LogP contribution < -0.4 is 11.1 Å². The molecule has 0 saturated heterocycles. The van der Waals surface area contributed by atoms with E-state index in [9.17, 15) is 0 Å². The second kappa shape index (κ2) is 3.90. The van der Waals surface area contributed by atoms with Crippen LogP contribution in [0.5, 0.6) is 0 Å². The highest BCUT2D eigenvalue weighted by Gasteiger charge is 2.08. The molecule has 0 radical (unpaired) electrons. The molecule has 0 atom stereocenters. The van der Waals surface area contributed by atoms with Crippen molar-refractivity contribution in [1.29, 1.82) is 0 Å². The molecule has 0 bridgehead atoms. The maximum absolute atomic E-state index is 5.52. The molecule has 2 rings (SSSR count). The Labute approximate surface area is 78.6 Å². The normalized spacial score (nSPS) is 13.8. The summed E-state index contributed by atoms with van der Waals surface area (Å²) in [6.07, 6.45) is 0. The lowest BCUT2D eigenvalue weighted by Crippen LogP contribution is -2.00. The summed E-state index contributed by atoms with van der Waals surface area (Å²) in [6, 6.07) is 6.46. The molecular formula is C9H13ClN2. The minimum absolute atomic E-state index is 0. The molecule has 2 nitrogen and oxygen atoms in total. The third-order valence-corrected chi connectivity index (χ3v) is 2.14. The van der Waals surface area contributed by atoms with Crippen LogP contribution in [0, 0.1) is 0 Å². The van der Waals surface area contributed by atoms with E-state index in [1.807, 2.05) is 0 Å². The van der Waals surface area contributed by atoms with Gasteiger partial charge in [-0.05, 0) is 16.7 Å². The number of halogens is 1. The molecule has 0 aliphatic carbocycles. The Hall–Kier alpha value is -0.570. The monoisotopic (exact) mass is 184 g/mol. The Bertz CT molecular complexity index is 273. The number of nitrogens with two attached hydrogens (primary N) is 1. The van der Waals surface area contributed by atoms with Gasteiger partial charge in [-0.1, -0.05) is 18.2 Å². The molecule has 3 heteroatoms. The van der Waals surface area contributed by atoms with Crippen molar-refractivity contribution >= 4 is 12.4 Å². The Morgan fingerprint density at radius 1 is 1.25 bits per heavy atom. The Morgan fingerprint density at radius 2 is 2.00 bits per heavy atom. The molecule has 1 aromatic carbocycles. The van der Waals surface area contributed by atoms with Crippen LogP contribution in [0.25, 0.3) is 0 Å². The SMILES string of the molecule is Cl.NCc1ccc2c(c1)CNC2. The lowest BCUT2D eigenvalue weighted by molar-refractivity contribution is 0.764. The van der Waals surface area contributed by atoms with Crippen molar-refractivity contribution in [2.24, 2.45) is 5.73 Å². The maximum atomic E-state index is 5.52. The third kappa shape index (κ3) is 1.61. The van der Waals surface area contributed by atoms with Gasteiger partial charge in [0, 0.05) is 19.6 Å². The summed E-state index contributed by atoms with van der Waals surface area (Å²) in [5, 5.41) is 3.30. The third-order valence-electron chi connectivity index (χ3n) is 2.14. The van der Waals surface area contributed by atoms with Crippen LogP contribution in [-0.4, -0.2) is 0 Å². The largest absolute Gasteiger partial charge is 0.326 e. The Morgan fingerprint density at radius 3 is 2.75 bits per heavy atom. The van der Waals surface area contributed by atoms with E-state index < -0.39 is 0 Å². The van der Waals surface area contributed by atoms with Crippen molar-refractivity contribution in [2.75, 3.05) is 0 Å². The topological polar surface area (TPSA) is 38.0 Å². The molecule has 1 aliphatic heterocycles. The van der Waals surface area contributed by atoms with Crippen LogP contribution in [0.4, 0.5) is 0 Å². The van der Waals surface area contributed by atoms with E-state index in [2.05, 4.69) is 23.5 Å². The van der Waals surface area contributed by atoms with Gasteiger partial charge in [-0.15, -0.1) is 12.4 Å². The van der Waals surface area contributed by atoms with Crippen molar-refractivity contribution in [3.8, 4) is 0 Å².